The standard InChI is InChI=1S/C5H8ClN/c6-5-2-1-3-7-4-5/h1,3,5,7H,2,4H2. The SMILES string of the molecule is ClC1CC=CNC1. The molecule has 0 aliphatic carbocycles. The molecule has 0 saturated carbocycles. The van der Waals surface area contributed by atoms with E-state index in [9.17, 15) is 0 Å². The number of nitrogens with one attached hydrogen (secondary N) is 1. The normalized spacial score (nSPS) is 29.6. The van der Waals surface area contributed by atoms with E-state index in [2.05, 4.69) is 5.32 Å². The summed E-state index contributed by atoms with van der Waals surface area (Å²) < 4.78 is 0. The van der Waals surface area contributed by atoms with Gasteiger partial charge in [-0.1, -0.05) is 6.08 Å². The highest BCUT2D eigenvalue weighted by atomic mass is 35.5. The molecular weight excluding hydrogens is 110 g/mol. The summed E-state index contributed by atoms with van der Waals surface area (Å²) in [4.78, 5) is 0. The third-order valence-corrected chi connectivity index (χ3v) is 1.30. The van der Waals surface area contributed by atoms with Crippen LogP contribution in [-0.2, 0) is 0 Å². The summed E-state index contributed by atoms with van der Waals surface area (Å²) in [7, 11) is 0. The summed E-state index contributed by atoms with van der Waals surface area (Å²) in [5.41, 5.74) is 0. The zero-order valence-electron chi connectivity index (χ0n) is 4.02. The molecule has 0 amide bonds. The summed E-state index contributed by atoms with van der Waals surface area (Å²) in [6.07, 6.45) is 4.99. The number of rotatable bonds is 0. The van der Waals surface area contributed by atoms with Crippen LogP contribution in [0.3, 0.4) is 0 Å². The van der Waals surface area contributed by atoms with Gasteiger partial charge in [-0.25, -0.2) is 0 Å². The molecule has 0 radical (unpaired) electrons. The van der Waals surface area contributed by atoms with E-state index in [0.717, 1.165) is 13.0 Å². The molecule has 0 aromatic rings. The first-order valence-electron chi connectivity index (χ1n) is 2.42. The van der Waals surface area contributed by atoms with Crippen molar-refractivity contribution >= 4 is 11.6 Å². The van der Waals surface area contributed by atoms with Crippen LogP contribution in [0.1, 0.15) is 6.42 Å². The molecule has 1 heterocycles. The lowest BCUT2D eigenvalue weighted by Crippen LogP contribution is -2.21. The van der Waals surface area contributed by atoms with Crippen LogP contribution < -0.4 is 5.32 Å². The largest absolute Gasteiger partial charge is 0.390 e. The second-order valence-electron chi connectivity index (χ2n) is 1.64. The van der Waals surface area contributed by atoms with Gasteiger partial charge >= 0.3 is 0 Å². The van der Waals surface area contributed by atoms with Crippen LogP contribution in [0.2, 0.25) is 0 Å². The predicted molar refractivity (Wildman–Crippen MR) is 31.4 cm³/mol. The molecule has 0 spiro atoms. The molecule has 0 saturated heterocycles. The van der Waals surface area contributed by atoms with Gasteiger partial charge in [-0.2, -0.15) is 0 Å². The Labute approximate surface area is 48.4 Å². The lowest BCUT2D eigenvalue weighted by Gasteiger charge is -2.10. The highest BCUT2D eigenvalue weighted by molar-refractivity contribution is 6.20. The zero-order valence-corrected chi connectivity index (χ0v) is 4.78. The fourth-order valence-electron chi connectivity index (χ4n) is 0.578. The molecule has 1 nitrogen and oxygen atoms in total. The highest BCUT2D eigenvalue weighted by Gasteiger charge is 2.01. The van der Waals surface area contributed by atoms with Crippen LogP contribution in [0.15, 0.2) is 12.3 Å². The maximum absolute atomic E-state index is 5.70. The van der Waals surface area contributed by atoms with E-state index in [0.29, 0.717) is 5.38 Å². The van der Waals surface area contributed by atoms with E-state index in [1.54, 1.807) is 0 Å². The minimum atomic E-state index is 0.310. The molecule has 40 valence electrons. The third kappa shape index (κ3) is 1.39. The fraction of sp³-hybridized carbons (Fsp3) is 0.600. The summed E-state index contributed by atoms with van der Waals surface area (Å²) in [5.74, 6) is 0. The zero-order chi connectivity index (χ0) is 5.11. The van der Waals surface area contributed by atoms with Gasteiger partial charge in [-0.15, -0.1) is 11.6 Å². The molecule has 1 aliphatic rings. The number of alkyl halides is 1. The van der Waals surface area contributed by atoms with Crippen LogP contribution in [0.4, 0.5) is 0 Å². The molecule has 0 aromatic carbocycles. The van der Waals surface area contributed by atoms with Crippen molar-refractivity contribution in [3.63, 3.8) is 0 Å². The highest BCUT2D eigenvalue weighted by Crippen LogP contribution is 2.03. The van der Waals surface area contributed by atoms with Crippen molar-refractivity contribution < 1.29 is 0 Å². The molecule has 0 bridgehead atoms. The smallest absolute Gasteiger partial charge is 0.0543 e. The Hall–Kier alpha value is -0.170. The second-order valence-corrected chi connectivity index (χ2v) is 2.26. The summed E-state index contributed by atoms with van der Waals surface area (Å²) in [6, 6.07) is 0. The average Bonchev–Trinajstić information content (AvgIpc) is 1.69. The molecule has 1 rings (SSSR count). The quantitative estimate of drug-likeness (QED) is 0.469. The van der Waals surface area contributed by atoms with Crippen molar-refractivity contribution in [3.8, 4) is 0 Å². The Morgan fingerprint density at radius 2 is 2.57 bits per heavy atom. The van der Waals surface area contributed by atoms with E-state index in [-0.39, 0.29) is 0 Å². The van der Waals surface area contributed by atoms with Crippen LogP contribution in [0.5, 0.6) is 0 Å². The van der Waals surface area contributed by atoms with Crippen LogP contribution in [0.25, 0.3) is 0 Å². The lowest BCUT2D eigenvalue weighted by molar-refractivity contribution is 0.736. The summed E-state index contributed by atoms with van der Waals surface area (Å²) in [6.45, 7) is 0.915. The molecular formula is C5H8ClN. The lowest BCUT2D eigenvalue weighted by atomic mass is 10.2. The van der Waals surface area contributed by atoms with Gasteiger partial charge in [0.1, 0.15) is 0 Å². The van der Waals surface area contributed by atoms with Crippen molar-refractivity contribution in [2.75, 3.05) is 6.54 Å². The van der Waals surface area contributed by atoms with Crippen molar-refractivity contribution in [3.05, 3.63) is 12.3 Å². The average molecular weight is 118 g/mol. The Balaban J connectivity index is 2.32. The Morgan fingerprint density at radius 3 is 2.86 bits per heavy atom. The first-order valence-corrected chi connectivity index (χ1v) is 2.85. The predicted octanol–water partition coefficient (Wildman–Crippen LogP) is 1.10. The molecule has 0 aromatic heterocycles. The maximum atomic E-state index is 5.70. The number of hydrogen-bond acceptors (Lipinski definition) is 1. The first kappa shape index (κ1) is 4.98. The Bertz CT molecular complexity index is 80.1. The van der Waals surface area contributed by atoms with Gasteiger partial charge in [-0.3, -0.25) is 0 Å². The van der Waals surface area contributed by atoms with Gasteiger partial charge in [0.15, 0.2) is 0 Å². The van der Waals surface area contributed by atoms with E-state index in [1.807, 2.05) is 12.3 Å². The van der Waals surface area contributed by atoms with E-state index in [1.165, 1.54) is 0 Å². The summed E-state index contributed by atoms with van der Waals surface area (Å²) >= 11 is 5.70. The second kappa shape index (κ2) is 2.22. The van der Waals surface area contributed by atoms with Crippen molar-refractivity contribution in [1.29, 1.82) is 0 Å². The molecule has 2 heteroatoms. The molecule has 0 fully saturated rings. The molecule has 7 heavy (non-hydrogen) atoms. The third-order valence-electron chi connectivity index (χ3n) is 0.967. The van der Waals surface area contributed by atoms with Gasteiger partial charge in [0.25, 0.3) is 0 Å². The number of allylic oxidation sites excluding steroid dienone is 1. The van der Waals surface area contributed by atoms with Gasteiger partial charge in [0, 0.05) is 6.54 Å². The number of hydrogen-bond donors (Lipinski definition) is 1. The minimum Gasteiger partial charge on any atom is -0.390 e. The van der Waals surface area contributed by atoms with Crippen molar-refractivity contribution in [1.82, 2.24) is 5.32 Å². The van der Waals surface area contributed by atoms with Crippen LogP contribution in [-0.4, -0.2) is 11.9 Å². The van der Waals surface area contributed by atoms with Crippen LogP contribution in [0, 0.1) is 0 Å². The Morgan fingerprint density at radius 1 is 1.71 bits per heavy atom. The van der Waals surface area contributed by atoms with Gasteiger partial charge in [0.05, 0.1) is 5.38 Å². The molecule has 1 aliphatic heterocycles. The molecule has 1 N–H and O–H groups in total. The monoisotopic (exact) mass is 117 g/mol. The van der Waals surface area contributed by atoms with E-state index < -0.39 is 0 Å². The molecule has 1 unspecified atom stereocenters. The first-order chi connectivity index (χ1) is 3.39. The molecule has 1 atom stereocenters. The van der Waals surface area contributed by atoms with E-state index >= 15 is 0 Å². The van der Waals surface area contributed by atoms with Crippen molar-refractivity contribution in [2.24, 2.45) is 0 Å². The maximum Gasteiger partial charge on any atom is 0.0543 e. The van der Waals surface area contributed by atoms with Crippen LogP contribution >= 0.6 is 11.6 Å². The minimum absolute atomic E-state index is 0.310. The van der Waals surface area contributed by atoms with Gasteiger partial charge in [0.2, 0.25) is 0 Å². The van der Waals surface area contributed by atoms with Gasteiger partial charge < -0.3 is 5.32 Å². The van der Waals surface area contributed by atoms with Crippen molar-refractivity contribution in [2.45, 2.75) is 11.8 Å². The summed E-state index contributed by atoms with van der Waals surface area (Å²) in [5, 5.41) is 3.33. The Kier molecular flexibility index (Phi) is 1.58. The topological polar surface area (TPSA) is 12.0 Å². The fourth-order valence-corrected chi connectivity index (χ4v) is 0.770. The number of halogens is 1. The van der Waals surface area contributed by atoms with E-state index in [4.69, 9.17) is 11.6 Å². The van der Waals surface area contributed by atoms with Gasteiger partial charge in [-0.05, 0) is 12.6 Å².